The summed E-state index contributed by atoms with van der Waals surface area (Å²) < 4.78 is 0.751. The molecule has 1 aromatic carbocycles. The van der Waals surface area contributed by atoms with Crippen molar-refractivity contribution in [3.8, 4) is 0 Å². The summed E-state index contributed by atoms with van der Waals surface area (Å²) in [4.78, 5) is 0. The van der Waals surface area contributed by atoms with Gasteiger partial charge in [-0.15, -0.1) is 10.2 Å². The Morgan fingerprint density at radius 1 is 1.31 bits per heavy atom. The van der Waals surface area contributed by atoms with Gasteiger partial charge in [0.15, 0.2) is 0 Å². The molecular formula is C9H6ClIN2. The van der Waals surface area contributed by atoms with Gasteiger partial charge in [-0.2, -0.15) is 0 Å². The molecule has 0 aliphatic rings. The van der Waals surface area contributed by atoms with Gasteiger partial charge in [-0.1, -0.05) is 23.7 Å². The summed E-state index contributed by atoms with van der Waals surface area (Å²) in [5, 5.41) is 9.71. The van der Waals surface area contributed by atoms with Crippen molar-refractivity contribution in [3.63, 3.8) is 0 Å². The predicted octanol–water partition coefficient (Wildman–Crippen LogP) is 3.20. The Labute approximate surface area is 94.5 Å². The smallest absolute Gasteiger partial charge is 0.143 e. The molecule has 2 rings (SSSR count). The zero-order valence-corrected chi connectivity index (χ0v) is 9.80. The molecule has 13 heavy (non-hydrogen) atoms. The van der Waals surface area contributed by atoms with Crippen LogP contribution in [0, 0.1) is 10.6 Å². The molecular weight excluding hydrogens is 298 g/mol. The number of hydrogen-bond acceptors (Lipinski definition) is 2. The first kappa shape index (κ1) is 9.15. The molecule has 2 aromatic rings. The number of rotatable bonds is 0. The van der Waals surface area contributed by atoms with Gasteiger partial charge in [0, 0.05) is 5.39 Å². The summed E-state index contributed by atoms with van der Waals surface area (Å²) in [6, 6.07) is 5.89. The fraction of sp³-hybridized carbons (Fsp3) is 0.111. The highest BCUT2D eigenvalue weighted by molar-refractivity contribution is 14.1. The average Bonchev–Trinajstić information content (AvgIpc) is 2.12. The van der Waals surface area contributed by atoms with E-state index in [0.717, 1.165) is 20.2 Å². The Morgan fingerprint density at radius 2 is 2.08 bits per heavy atom. The fourth-order valence-electron chi connectivity index (χ4n) is 1.27. The van der Waals surface area contributed by atoms with Crippen molar-refractivity contribution in [1.82, 2.24) is 10.2 Å². The number of nitrogens with zero attached hydrogens (tertiary/aromatic N) is 2. The molecule has 0 saturated heterocycles. The number of benzene rings is 1. The molecule has 0 unspecified atom stereocenters. The van der Waals surface area contributed by atoms with Gasteiger partial charge in [0.25, 0.3) is 0 Å². The largest absolute Gasteiger partial charge is 0.149 e. The summed E-state index contributed by atoms with van der Waals surface area (Å²) in [5.74, 6) is 0. The lowest BCUT2D eigenvalue weighted by molar-refractivity contribution is 1.04. The van der Waals surface area contributed by atoms with Gasteiger partial charge in [0.1, 0.15) is 3.70 Å². The monoisotopic (exact) mass is 304 g/mol. The maximum absolute atomic E-state index is 6.12. The van der Waals surface area contributed by atoms with E-state index in [1.165, 1.54) is 0 Å². The quantitative estimate of drug-likeness (QED) is 0.699. The lowest BCUT2D eigenvalue weighted by atomic mass is 10.1. The van der Waals surface area contributed by atoms with Crippen LogP contribution in [0.15, 0.2) is 18.2 Å². The number of hydrogen-bond donors (Lipinski definition) is 0. The summed E-state index contributed by atoms with van der Waals surface area (Å²) in [7, 11) is 0. The third-order valence-corrected chi connectivity index (χ3v) is 3.34. The van der Waals surface area contributed by atoms with E-state index in [-0.39, 0.29) is 0 Å². The second kappa shape index (κ2) is 3.38. The van der Waals surface area contributed by atoms with Gasteiger partial charge in [0.05, 0.1) is 10.5 Å². The van der Waals surface area contributed by atoms with Crippen molar-refractivity contribution in [3.05, 3.63) is 32.5 Å². The molecule has 0 bridgehead atoms. The molecule has 0 aliphatic heterocycles. The Hall–Kier alpha value is -0.420. The number of halogens is 2. The Bertz CT molecular complexity index is 470. The molecule has 0 aliphatic carbocycles. The molecule has 1 aromatic heterocycles. The van der Waals surface area contributed by atoms with Crippen molar-refractivity contribution in [2.75, 3.05) is 0 Å². The van der Waals surface area contributed by atoms with Crippen LogP contribution in [0.3, 0.4) is 0 Å². The first-order valence-electron chi connectivity index (χ1n) is 3.77. The zero-order chi connectivity index (χ0) is 9.42. The van der Waals surface area contributed by atoms with Crippen LogP contribution in [0.5, 0.6) is 0 Å². The van der Waals surface area contributed by atoms with Crippen LogP contribution in [-0.4, -0.2) is 10.2 Å². The minimum Gasteiger partial charge on any atom is -0.149 e. The van der Waals surface area contributed by atoms with E-state index in [1.54, 1.807) is 0 Å². The number of aryl methyl sites for hydroxylation is 1. The van der Waals surface area contributed by atoms with Crippen LogP contribution in [0.4, 0.5) is 0 Å². The Morgan fingerprint density at radius 3 is 2.85 bits per heavy atom. The second-order valence-electron chi connectivity index (χ2n) is 2.77. The van der Waals surface area contributed by atoms with Gasteiger partial charge in [-0.05, 0) is 41.1 Å². The standard InChI is InChI=1S/C9H6ClIN2/c1-5-3-2-4-6-7(5)8(10)9(11)13-12-6/h2-4H,1H3. The van der Waals surface area contributed by atoms with E-state index in [4.69, 9.17) is 11.6 Å². The van der Waals surface area contributed by atoms with Crippen LogP contribution < -0.4 is 0 Å². The number of fused-ring (bicyclic) bond motifs is 1. The predicted molar refractivity (Wildman–Crippen MR) is 62.0 cm³/mol. The molecule has 66 valence electrons. The van der Waals surface area contributed by atoms with E-state index >= 15 is 0 Å². The topological polar surface area (TPSA) is 25.8 Å². The molecule has 0 N–H and O–H groups in total. The van der Waals surface area contributed by atoms with Crippen molar-refractivity contribution in [2.24, 2.45) is 0 Å². The van der Waals surface area contributed by atoms with E-state index in [2.05, 4.69) is 32.8 Å². The highest BCUT2D eigenvalue weighted by atomic mass is 127. The van der Waals surface area contributed by atoms with Crippen molar-refractivity contribution >= 4 is 45.1 Å². The van der Waals surface area contributed by atoms with E-state index < -0.39 is 0 Å². The third kappa shape index (κ3) is 1.50. The SMILES string of the molecule is Cc1cccc2nnc(I)c(Cl)c12. The summed E-state index contributed by atoms with van der Waals surface area (Å²) in [5.41, 5.74) is 1.99. The van der Waals surface area contributed by atoms with Gasteiger partial charge in [-0.25, -0.2) is 0 Å². The fourth-order valence-corrected chi connectivity index (χ4v) is 1.93. The van der Waals surface area contributed by atoms with Crippen LogP contribution in [0.1, 0.15) is 5.56 Å². The lowest BCUT2D eigenvalue weighted by Crippen LogP contribution is -1.91. The molecule has 0 atom stereocenters. The third-order valence-electron chi connectivity index (χ3n) is 1.90. The minimum absolute atomic E-state index is 0.698. The normalized spacial score (nSPS) is 10.7. The molecule has 0 spiro atoms. The minimum atomic E-state index is 0.698. The van der Waals surface area contributed by atoms with Crippen molar-refractivity contribution in [1.29, 1.82) is 0 Å². The van der Waals surface area contributed by atoms with Gasteiger partial charge < -0.3 is 0 Å². The molecule has 4 heteroatoms. The lowest BCUT2D eigenvalue weighted by Gasteiger charge is -2.03. The van der Waals surface area contributed by atoms with E-state index in [0.29, 0.717) is 5.02 Å². The van der Waals surface area contributed by atoms with E-state index in [9.17, 15) is 0 Å². The maximum atomic E-state index is 6.12. The van der Waals surface area contributed by atoms with Crippen molar-refractivity contribution < 1.29 is 0 Å². The van der Waals surface area contributed by atoms with Gasteiger partial charge >= 0.3 is 0 Å². The molecule has 0 amide bonds. The van der Waals surface area contributed by atoms with Gasteiger partial charge in [0.2, 0.25) is 0 Å². The Kier molecular flexibility index (Phi) is 2.38. The first-order chi connectivity index (χ1) is 6.20. The highest BCUT2D eigenvalue weighted by Gasteiger charge is 2.07. The second-order valence-corrected chi connectivity index (χ2v) is 4.17. The molecule has 0 radical (unpaired) electrons. The highest BCUT2D eigenvalue weighted by Crippen LogP contribution is 2.27. The van der Waals surface area contributed by atoms with Crippen LogP contribution in [0.2, 0.25) is 5.02 Å². The van der Waals surface area contributed by atoms with Gasteiger partial charge in [-0.3, -0.25) is 0 Å². The summed E-state index contributed by atoms with van der Waals surface area (Å²) in [6.45, 7) is 2.02. The Balaban J connectivity index is 2.97. The molecule has 0 saturated carbocycles. The molecule has 1 heterocycles. The van der Waals surface area contributed by atoms with Crippen LogP contribution >= 0.6 is 34.2 Å². The van der Waals surface area contributed by atoms with Crippen LogP contribution in [-0.2, 0) is 0 Å². The zero-order valence-electron chi connectivity index (χ0n) is 6.88. The maximum Gasteiger partial charge on any atom is 0.143 e. The molecule has 0 fully saturated rings. The van der Waals surface area contributed by atoms with Crippen LogP contribution in [0.25, 0.3) is 10.9 Å². The first-order valence-corrected chi connectivity index (χ1v) is 5.23. The number of aromatic nitrogens is 2. The average molecular weight is 305 g/mol. The van der Waals surface area contributed by atoms with Crippen molar-refractivity contribution in [2.45, 2.75) is 6.92 Å². The molecule has 2 nitrogen and oxygen atoms in total. The summed E-state index contributed by atoms with van der Waals surface area (Å²) in [6.07, 6.45) is 0. The summed E-state index contributed by atoms with van der Waals surface area (Å²) >= 11 is 8.20. The van der Waals surface area contributed by atoms with E-state index in [1.807, 2.05) is 25.1 Å².